The fraction of sp³-hybridized carbons (Fsp3) is 0.500. The van der Waals surface area contributed by atoms with E-state index < -0.39 is 36.3 Å². The van der Waals surface area contributed by atoms with Gasteiger partial charge in [0.2, 0.25) is 5.91 Å². The maximum atomic E-state index is 13.0. The molecule has 2 amide bonds. The minimum atomic E-state index is -4.55. The van der Waals surface area contributed by atoms with Gasteiger partial charge in [0.05, 0.1) is 16.9 Å². The number of ether oxygens (including phenoxy) is 1. The largest absolute Gasteiger partial charge is 0.454 e. The molecule has 1 aromatic carbocycles. The van der Waals surface area contributed by atoms with E-state index in [1.807, 2.05) is 4.90 Å². The molecule has 2 N–H and O–H groups in total. The summed E-state index contributed by atoms with van der Waals surface area (Å²) < 4.78 is 44.0. The SMILES string of the molecule is O=C(COC(=O)[C@H]1CCC(=O)N1)Nc1cc(C(F)(F)F)ccc1N1CCCC1. The molecule has 1 atom stereocenters. The number of carbonyl (C=O) groups is 3. The number of nitrogens with zero attached hydrogens (tertiary/aromatic N) is 1. The highest BCUT2D eigenvalue weighted by Crippen LogP contribution is 2.36. The van der Waals surface area contributed by atoms with Crippen LogP contribution in [0.4, 0.5) is 24.5 Å². The molecular formula is C18H20F3N3O4. The topological polar surface area (TPSA) is 87.7 Å². The zero-order valence-electron chi connectivity index (χ0n) is 15.0. The molecule has 2 saturated heterocycles. The van der Waals surface area contributed by atoms with Crippen LogP contribution in [0.15, 0.2) is 18.2 Å². The zero-order chi connectivity index (χ0) is 20.3. The number of hydrogen-bond acceptors (Lipinski definition) is 5. The van der Waals surface area contributed by atoms with Crippen molar-refractivity contribution in [2.24, 2.45) is 0 Å². The molecule has 0 bridgehead atoms. The number of rotatable bonds is 5. The lowest BCUT2D eigenvalue weighted by atomic mass is 10.1. The number of nitrogens with one attached hydrogen (secondary N) is 2. The highest BCUT2D eigenvalue weighted by molar-refractivity contribution is 5.97. The van der Waals surface area contributed by atoms with Gasteiger partial charge >= 0.3 is 12.1 Å². The van der Waals surface area contributed by atoms with Gasteiger partial charge in [0.15, 0.2) is 6.61 Å². The monoisotopic (exact) mass is 399 g/mol. The van der Waals surface area contributed by atoms with Gasteiger partial charge in [-0.1, -0.05) is 0 Å². The zero-order valence-corrected chi connectivity index (χ0v) is 15.0. The molecule has 7 nitrogen and oxygen atoms in total. The lowest BCUT2D eigenvalue weighted by molar-refractivity contribution is -0.149. The molecule has 152 valence electrons. The van der Waals surface area contributed by atoms with Gasteiger partial charge in [-0.15, -0.1) is 0 Å². The van der Waals surface area contributed by atoms with Crippen LogP contribution < -0.4 is 15.5 Å². The highest BCUT2D eigenvalue weighted by Gasteiger charge is 2.32. The van der Waals surface area contributed by atoms with Crippen molar-refractivity contribution in [2.75, 3.05) is 29.9 Å². The van der Waals surface area contributed by atoms with Gasteiger partial charge in [0.25, 0.3) is 5.91 Å². The van der Waals surface area contributed by atoms with E-state index in [2.05, 4.69) is 10.6 Å². The van der Waals surface area contributed by atoms with Crippen LogP contribution in [0.2, 0.25) is 0 Å². The number of carbonyl (C=O) groups excluding carboxylic acids is 3. The molecule has 28 heavy (non-hydrogen) atoms. The molecule has 0 aromatic heterocycles. The number of alkyl halides is 3. The Labute approximate surface area is 159 Å². The Morgan fingerprint density at radius 1 is 1.25 bits per heavy atom. The summed E-state index contributed by atoms with van der Waals surface area (Å²) in [6.07, 6.45) is -2.23. The third-order valence-corrected chi connectivity index (χ3v) is 4.67. The van der Waals surface area contributed by atoms with Gasteiger partial charge in [0.1, 0.15) is 6.04 Å². The number of benzene rings is 1. The fourth-order valence-electron chi connectivity index (χ4n) is 3.26. The summed E-state index contributed by atoms with van der Waals surface area (Å²) in [4.78, 5) is 37.0. The van der Waals surface area contributed by atoms with Crippen LogP contribution in [0.5, 0.6) is 0 Å². The van der Waals surface area contributed by atoms with Crippen molar-refractivity contribution in [1.82, 2.24) is 5.32 Å². The van der Waals surface area contributed by atoms with Crippen LogP contribution in [0.1, 0.15) is 31.2 Å². The van der Waals surface area contributed by atoms with E-state index in [1.165, 1.54) is 6.07 Å². The van der Waals surface area contributed by atoms with E-state index in [0.29, 0.717) is 18.8 Å². The normalized spacial score (nSPS) is 19.5. The summed E-state index contributed by atoms with van der Waals surface area (Å²) >= 11 is 0. The number of halogens is 3. The fourth-order valence-corrected chi connectivity index (χ4v) is 3.26. The van der Waals surface area contributed by atoms with Crippen molar-refractivity contribution in [3.05, 3.63) is 23.8 Å². The number of esters is 1. The molecule has 3 rings (SSSR count). The summed E-state index contributed by atoms with van der Waals surface area (Å²) in [6, 6.07) is 2.40. The molecule has 0 spiro atoms. The highest BCUT2D eigenvalue weighted by atomic mass is 19.4. The minimum absolute atomic E-state index is 0.0203. The van der Waals surface area contributed by atoms with Crippen molar-refractivity contribution in [3.63, 3.8) is 0 Å². The van der Waals surface area contributed by atoms with Gasteiger partial charge in [-0.25, -0.2) is 4.79 Å². The Morgan fingerprint density at radius 3 is 2.57 bits per heavy atom. The van der Waals surface area contributed by atoms with Gasteiger partial charge in [-0.05, 0) is 37.5 Å². The second kappa shape index (κ2) is 8.07. The Kier molecular flexibility index (Phi) is 5.76. The van der Waals surface area contributed by atoms with E-state index in [0.717, 1.165) is 25.0 Å². The van der Waals surface area contributed by atoms with Crippen molar-refractivity contribution in [1.29, 1.82) is 0 Å². The van der Waals surface area contributed by atoms with Gasteiger partial charge < -0.3 is 20.3 Å². The van der Waals surface area contributed by atoms with Crippen LogP contribution in [-0.4, -0.2) is 43.5 Å². The van der Waals surface area contributed by atoms with Gasteiger partial charge in [-0.2, -0.15) is 13.2 Å². The minimum Gasteiger partial charge on any atom is -0.454 e. The van der Waals surface area contributed by atoms with E-state index in [9.17, 15) is 27.6 Å². The summed E-state index contributed by atoms with van der Waals surface area (Å²) in [5.74, 6) is -1.77. The first-order valence-corrected chi connectivity index (χ1v) is 8.96. The van der Waals surface area contributed by atoms with Crippen molar-refractivity contribution in [2.45, 2.75) is 37.9 Å². The molecule has 0 saturated carbocycles. The summed E-state index contributed by atoms with van der Waals surface area (Å²) in [5, 5.41) is 4.83. The van der Waals surface area contributed by atoms with Crippen LogP contribution in [0, 0.1) is 0 Å². The average Bonchev–Trinajstić information content (AvgIpc) is 3.30. The molecule has 1 aromatic rings. The van der Waals surface area contributed by atoms with Crippen molar-refractivity contribution < 1.29 is 32.3 Å². The van der Waals surface area contributed by atoms with Crippen molar-refractivity contribution >= 4 is 29.2 Å². The number of hydrogen-bond donors (Lipinski definition) is 2. The molecule has 2 fully saturated rings. The molecule has 2 aliphatic heterocycles. The Hall–Kier alpha value is -2.78. The number of anilines is 2. The predicted octanol–water partition coefficient (Wildman–Crippen LogP) is 2.07. The quantitative estimate of drug-likeness (QED) is 0.741. The molecule has 0 aliphatic carbocycles. The molecule has 10 heteroatoms. The van der Waals surface area contributed by atoms with E-state index in [4.69, 9.17) is 4.74 Å². The lowest BCUT2D eigenvalue weighted by Gasteiger charge is -2.23. The standard InChI is InChI=1S/C18H20F3N3O4/c19-18(20,21)11-3-5-14(24-7-1-2-8-24)13(9-11)23-16(26)10-28-17(27)12-4-6-15(25)22-12/h3,5,9,12H,1-2,4,6-8,10H2,(H,22,25)(H,23,26)/t12-/m1/s1. The molecule has 2 aliphatic rings. The second-order valence-electron chi connectivity index (χ2n) is 6.74. The van der Waals surface area contributed by atoms with Gasteiger partial charge in [-0.3, -0.25) is 9.59 Å². The summed E-state index contributed by atoms with van der Waals surface area (Å²) in [7, 11) is 0. The maximum Gasteiger partial charge on any atom is 0.416 e. The lowest BCUT2D eigenvalue weighted by Crippen LogP contribution is -2.36. The average molecular weight is 399 g/mol. The van der Waals surface area contributed by atoms with Crippen LogP contribution in [0.3, 0.4) is 0 Å². The van der Waals surface area contributed by atoms with Crippen LogP contribution >= 0.6 is 0 Å². The van der Waals surface area contributed by atoms with Crippen molar-refractivity contribution in [3.8, 4) is 0 Å². The molecule has 0 radical (unpaired) electrons. The maximum absolute atomic E-state index is 13.0. The van der Waals surface area contributed by atoms with Crippen LogP contribution in [0.25, 0.3) is 0 Å². The third kappa shape index (κ3) is 4.73. The first-order chi connectivity index (χ1) is 13.2. The molecule has 2 heterocycles. The smallest absolute Gasteiger partial charge is 0.416 e. The second-order valence-corrected chi connectivity index (χ2v) is 6.74. The molecule has 0 unspecified atom stereocenters. The number of amides is 2. The third-order valence-electron chi connectivity index (χ3n) is 4.67. The van der Waals surface area contributed by atoms with Gasteiger partial charge in [0, 0.05) is 19.5 Å². The molecular weight excluding hydrogens is 379 g/mol. The van der Waals surface area contributed by atoms with E-state index in [1.54, 1.807) is 0 Å². The van der Waals surface area contributed by atoms with Crippen LogP contribution in [-0.2, 0) is 25.3 Å². The van der Waals surface area contributed by atoms with E-state index in [-0.39, 0.29) is 24.4 Å². The Bertz CT molecular complexity index is 776. The Morgan fingerprint density at radius 2 is 1.96 bits per heavy atom. The summed E-state index contributed by atoms with van der Waals surface area (Å²) in [6.45, 7) is 0.718. The van der Waals surface area contributed by atoms with E-state index >= 15 is 0 Å². The first kappa shape index (κ1) is 20.0. The summed E-state index contributed by atoms with van der Waals surface area (Å²) in [5.41, 5.74) is -0.364. The first-order valence-electron chi connectivity index (χ1n) is 8.96. The predicted molar refractivity (Wildman–Crippen MR) is 93.6 cm³/mol. The Balaban J connectivity index is 1.67.